The maximum atomic E-state index is 12.1. The Morgan fingerprint density at radius 3 is 1.94 bits per heavy atom. The first-order valence-electron chi connectivity index (χ1n) is 4.37. The number of nitrogens with zero attached hydrogens (tertiary/aromatic N) is 3. The van der Waals surface area contributed by atoms with Crippen LogP contribution in [0.5, 0.6) is 0 Å². The maximum absolute atomic E-state index is 12.1. The number of halogens is 2. The normalized spacial score (nSPS) is 11.4. The van der Waals surface area contributed by atoms with Crippen LogP contribution in [0.1, 0.15) is 0 Å². The predicted octanol–water partition coefficient (Wildman–Crippen LogP) is 2.01. The molecule has 17 heavy (non-hydrogen) atoms. The van der Waals surface area contributed by atoms with Gasteiger partial charge < -0.3 is 0 Å². The summed E-state index contributed by atoms with van der Waals surface area (Å²) in [6.07, 6.45) is 0. The Morgan fingerprint density at radius 2 is 1.41 bits per heavy atom. The highest BCUT2D eigenvalue weighted by atomic mass is 35.5. The van der Waals surface area contributed by atoms with E-state index in [0.717, 1.165) is 0 Å². The summed E-state index contributed by atoms with van der Waals surface area (Å²) in [5, 5.41) is -0.993. The Morgan fingerprint density at radius 1 is 0.882 bits per heavy atom. The van der Waals surface area contributed by atoms with Gasteiger partial charge >= 0.3 is 0 Å². The molecule has 1 aromatic heterocycles. The van der Waals surface area contributed by atoms with Crippen LogP contribution in [0, 0.1) is 0 Å². The molecule has 0 aliphatic carbocycles. The number of aromatic nitrogens is 3. The highest BCUT2D eigenvalue weighted by Crippen LogP contribution is 2.19. The molecule has 0 aliphatic rings. The minimum atomic E-state index is -3.82. The maximum Gasteiger partial charge on any atom is 0.257 e. The Kier molecular flexibility index (Phi) is 3.28. The minimum Gasteiger partial charge on any atom is -0.215 e. The minimum absolute atomic E-state index is 0.0679. The molecular formula is C9H5Cl2N3O2S. The van der Waals surface area contributed by atoms with Gasteiger partial charge in [-0.3, -0.25) is 0 Å². The third-order valence-corrected chi connectivity index (χ3v) is 3.75. The van der Waals surface area contributed by atoms with Crippen molar-refractivity contribution in [2.75, 3.05) is 0 Å². The van der Waals surface area contributed by atoms with Gasteiger partial charge in [-0.25, -0.2) is 8.42 Å². The smallest absolute Gasteiger partial charge is 0.215 e. The SMILES string of the molecule is O=S(=O)(c1ccccc1)c1nc(Cl)nc(Cl)n1. The van der Waals surface area contributed by atoms with E-state index in [1.807, 2.05) is 0 Å². The first-order chi connectivity index (χ1) is 8.00. The predicted molar refractivity (Wildman–Crippen MR) is 61.7 cm³/mol. The van der Waals surface area contributed by atoms with E-state index in [1.165, 1.54) is 12.1 Å². The van der Waals surface area contributed by atoms with Gasteiger partial charge in [0.15, 0.2) is 0 Å². The third kappa shape index (κ3) is 2.54. The van der Waals surface area contributed by atoms with Crippen molar-refractivity contribution < 1.29 is 8.42 Å². The molecule has 0 amide bonds. The monoisotopic (exact) mass is 289 g/mol. The van der Waals surface area contributed by atoms with E-state index in [1.54, 1.807) is 18.2 Å². The zero-order chi connectivity index (χ0) is 12.5. The Bertz CT molecular complexity index is 626. The standard InChI is InChI=1S/C9H5Cl2N3O2S/c10-7-12-8(11)14-9(13-7)17(15,16)6-4-2-1-3-5-6/h1-5H. The summed E-state index contributed by atoms with van der Waals surface area (Å²) >= 11 is 11.1. The van der Waals surface area contributed by atoms with Gasteiger partial charge in [0.1, 0.15) is 0 Å². The number of rotatable bonds is 2. The van der Waals surface area contributed by atoms with Gasteiger partial charge in [0.05, 0.1) is 4.90 Å². The van der Waals surface area contributed by atoms with E-state index in [0.29, 0.717) is 0 Å². The van der Waals surface area contributed by atoms with Crippen LogP contribution in [0.15, 0.2) is 40.4 Å². The second-order valence-electron chi connectivity index (χ2n) is 2.97. The molecule has 1 aromatic carbocycles. The third-order valence-electron chi connectivity index (χ3n) is 1.85. The Hall–Kier alpha value is -1.24. The van der Waals surface area contributed by atoms with Crippen molar-refractivity contribution in [1.82, 2.24) is 15.0 Å². The quantitative estimate of drug-likeness (QED) is 0.846. The number of benzene rings is 1. The summed E-state index contributed by atoms with van der Waals surface area (Å²) in [6.45, 7) is 0. The lowest BCUT2D eigenvalue weighted by Crippen LogP contribution is -2.08. The summed E-state index contributed by atoms with van der Waals surface area (Å²) in [4.78, 5) is 10.7. The van der Waals surface area contributed by atoms with Crippen LogP contribution in [-0.4, -0.2) is 23.4 Å². The Labute approximate surface area is 107 Å². The lowest BCUT2D eigenvalue weighted by molar-refractivity contribution is 0.585. The van der Waals surface area contributed by atoms with E-state index >= 15 is 0 Å². The fourth-order valence-corrected chi connectivity index (χ4v) is 2.74. The van der Waals surface area contributed by atoms with Crippen molar-refractivity contribution >= 4 is 33.0 Å². The summed E-state index contributed by atoms with van der Waals surface area (Å²) in [5.41, 5.74) is 0. The summed E-state index contributed by atoms with van der Waals surface area (Å²) in [5.74, 6) is 0. The van der Waals surface area contributed by atoms with Gasteiger partial charge in [0.25, 0.3) is 5.16 Å². The Balaban J connectivity index is 2.60. The van der Waals surface area contributed by atoms with Crippen molar-refractivity contribution in [1.29, 1.82) is 0 Å². The largest absolute Gasteiger partial charge is 0.257 e. The molecule has 8 heteroatoms. The molecule has 5 nitrogen and oxygen atoms in total. The molecule has 2 aromatic rings. The second kappa shape index (κ2) is 4.56. The fourth-order valence-electron chi connectivity index (χ4n) is 1.13. The average Bonchev–Trinajstić information content (AvgIpc) is 2.29. The first kappa shape index (κ1) is 12.2. The van der Waals surface area contributed by atoms with Gasteiger partial charge in [0, 0.05) is 0 Å². The molecule has 0 bridgehead atoms. The van der Waals surface area contributed by atoms with Crippen LogP contribution >= 0.6 is 23.2 Å². The van der Waals surface area contributed by atoms with Gasteiger partial charge in [-0.05, 0) is 35.3 Å². The van der Waals surface area contributed by atoms with Gasteiger partial charge in [-0.15, -0.1) is 0 Å². The molecule has 0 radical (unpaired) electrons. The first-order valence-corrected chi connectivity index (χ1v) is 6.61. The van der Waals surface area contributed by atoms with Crippen LogP contribution in [0.4, 0.5) is 0 Å². The highest BCUT2D eigenvalue weighted by molar-refractivity contribution is 7.91. The zero-order valence-electron chi connectivity index (χ0n) is 8.21. The average molecular weight is 290 g/mol. The zero-order valence-corrected chi connectivity index (χ0v) is 10.5. The van der Waals surface area contributed by atoms with Crippen molar-refractivity contribution in [2.24, 2.45) is 0 Å². The number of sulfone groups is 1. The van der Waals surface area contributed by atoms with Crippen LogP contribution in [0.2, 0.25) is 10.6 Å². The molecule has 0 aliphatic heterocycles. The molecule has 0 fully saturated rings. The van der Waals surface area contributed by atoms with Crippen LogP contribution in [0.25, 0.3) is 0 Å². The van der Waals surface area contributed by atoms with E-state index in [9.17, 15) is 8.42 Å². The van der Waals surface area contributed by atoms with Gasteiger partial charge in [-0.1, -0.05) is 18.2 Å². The molecular weight excluding hydrogens is 285 g/mol. The van der Waals surface area contributed by atoms with E-state index < -0.39 is 15.0 Å². The molecule has 2 rings (SSSR count). The molecule has 0 atom stereocenters. The van der Waals surface area contributed by atoms with Crippen molar-refractivity contribution in [2.45, 2.75) is 10.1 Å². The number of hydrogen-bond donors (Lipinski definition) is 0. The molecule has 88 valence electrons. The summed E-state index contributed by atoms with van der Waals surface area (Å²) in [6, 6.07) is 7.75. The van der Waals surface area contributed by atoms with Gasteiger partial charge in [-0.2, -0.15) is 15.0 Å². The van der Waals surface area contributed by atoms with Gasteiger partial charge in [0.2, 0.25) is 20.4 Å². The van der Waals surface area contributed by atoms with Crippen molar-refractivity contribution in [3.05, 3.63) is 40.9 Å². The second-order valence-corrected chi connectivity index (χ2v) is 5.49. The van der Waals surface area contributed by atoms with Crippen molar-refractivity contribution in [3.8, 4) is 0 Å². The summed E-state index contributed by atoms with van der Waals surface area (Å²) in [7, 11) is -3.82. The fraction of sp³-hybridized carbons (Fsp3) is 0. The summed E-state index contributed by atoms with van der Waals surface area (Å²) < 4.78 is 24.1. The van der Waals surface area contributed by atoms with E-state index in [-0.39, 0.29) is 15.5 Å². The molecule has 0 saturated heterocycles. The molecule has 0 spiro atoms. The molecule has 0 unspecified atom stereocenters. The molecule has 1 heterocycles. The molecule has 0 saturated carbocycles. The topological polar surface area (TPSA) is 72.8 Å². The number of hydrogen-bond acceptors (Lipinski definition) is 5. The molecule has 0 N–H and O–H groups in total. The van der Waals surface area contributed by atoms with Crippen molar-refractivity contribution in [3.63, 3.8) is 0 Å². The van der Waals surface area contributed by atoms with Crippen LogP contribution in [0.3, 0.4) is 0 Å². The van der Waals surface area contributed by atoms with Crippen LogP contribution in [-0.2, 0) is 9.84 Å². The lowest BCUT2D eigenvalue weighted by Gasteiger charge is -2.02. The highest BCUT2D eigenvalue weighted by Gasteiger charge is 2.22. The van der Waals surface area contributed by atoms with E-state index in [2.05, 4.69) is 15.0 Å². The van der Waals surface area contributed by atoms with E-state index in [4.69, 9.17) is 23.2 Å². The van der Waals surface area contributed by atoms with Crippen LogP contribution < -0.4 is 0 Å². The lowest BCUT2D eigenvalue weighted by atomic mass is 10.4.